The van der Waals surface area contributed by atoms with Crippen molar-refractivity contribution in [3.05, 3.63) is 23.9 Å². The minimum atomic E-state index is 0.185. The lowest BCUT2D eigenvalue weighted by Gasteiger charge is -2.31. The molecule has 2 N–H and O–H groups in total. The molecule has 4 heteroatoms. The molecule has 0 aliphatic carbocycles. The van der Waals surface area contributed by atoms with Crippen LogP contribution in [0.5, 0.6) is 0 Å². The summed E-state index contributed by atoms with van der Waals surface area (Å²) < 4.78 is 0. The molecule has 17 heavy (non-hydrogen) atoms. The van der Waals surface area contributed by atoms with Gasteiger partial charge in [0.2, 0.25) is 5.91 Å². The Morgan fingerprint density at radius 1 is 1.53 bits per heavy atom. The van der Waals surface area contributed by atoms with Gasteiger partial charge in [0.1, 0.15) is 5.82 Å². The van der Waals surface area contributed by atoms with Gasteiger partial charge in [-0.3, -0.25) is 4.79 Å². The van der Waals surface area contributed by atoms with Gasteiger partial charge in [-0.25, -0.2) is 4.98 Å². The van der Waals surface area contributed by atoms with Gasteiger partial charge in [-0.1, -0.05) is 6.07 Å². The molecule has 0 saturated carbocycles. The zero-order valence-corrected chi connectivity index (χ0v) is 10.2. The molecule has 2 rings (SSSR count). The molecule has 1 aliphatic heterocycles. The van der Waals surface area contributed by atoms with Crippen molar-refractivity contribution in [2.45, 2.75) is 26.2 Å². The molecule has 2 heterocycles. The number of nitrogens with zero attached hydrogens (tertiary/aromatic N) is 2. The Labute approximate surface area is 102 Å². The summed E-state index contributed by atoms with van der Waals surface area (Å²) in [5, 5.41) is 0. The van der Waals surface area contributed by atoms with Crippen LogP contribution in [0.2, 0.25) is 0 Å². The van der Waals surface area contributed by atoms with Crippen molar-refractivity contribution in [3.8, 4) is 0 Å². The Morgan fingerprint density at radius 2 is 2.24 bits per heavy atom. The second-order valence-electron chi connectivity index (χ2n) is 4.70. The number of rotatable bonds is 2. The zero-order valence-electron chi connectivity index (χ0n) is 10.2. The highest BCUT2D eigenvalue weighted by molar-refractivity contribution is 5.73. The lowest BCUT2D eigenvalue weighted by atomic mass is 9.90. The summed E-state index contributed by atoms with van der Waals surface area (Å²) in [7, 11) is 0. The number of likely N-dealkylation sites (tertiary alicyclic amines) is 1. The van der Waals surface area contributed by atoms with E-state index in [-0.39, 0.29) is 5.91 Å². The summed E-state index contributed by atoms with van der Waals surface area (Å²) in [6.45, 7) is 3.39. The molecular formula is C13H19N3O. The molecule has 0 unspecified atom stereocenters. The molecule has 0 aromatic carbocycles. The molecule has 1 amide bonds. The second kappa shape index (κ2) is 5.17. The van der Waals surface area contributed by atoms with E-state index in [1.54, 1.807) is 13.1 Å². The lowest BCUT2D eigenvalue weighted by Crippen LogP contribution is -2.37. The highest BCUT2D eigenvalue weighted by Crippen LogP contribution is 2.23. The van der Waals surface area contributed by atoms with Crippen LogP contribution in [-0.2, 0) is 11.2 Å². The van der Waals surface area contributed by atoms with E-state index in [9.17, 15) is 4.79 Å². The third-order valence-electron chi connectivity index (χ3n) is 3.49. The third kappa shape index (κ3) is 2.96. The first kappa shape index (κ1) is 11.9. The number of piperidine rings is 1. The summed E-state index contributed by atoms with van der Waals surface area (Å²) in [6, 6.07) is 3.97. The van der Waals surface area contributed by atoms with Crippen molar-refractivity contribution in [1.29, 1.82) is 0 Å². The van der Waals surface area contributed by atoms with Crippen molar-refractivity contribution >= 4 is 11.7 Å². The molecule has 1 aromatic heterocycles. The van der Waals surface area contributed by atoms with Gasteiger partial charge in [0, 0.05) is 26.2 Å². The van der Waals surface area contributed by atoms with Gasteiger partial charge >= 0.3 is 0 Å². The average molecular weight is 233 g/mol. The van der Waals surface area contributed by atoms with Gasteiger partial charge < -0.3 is 10.6 Å². The molecule has 0 atom stereocenters. The van der Waals surface area contributed by atoms with E-state index in [0.717, 1.165) is 37.9 Å². The molecule has 1 aliphatic rings. The van der Waals surface area contributed by atoms with Gasteiger partial charge in [-0.05, 0) is 36.8 Å². The van der Waals surface area contributed by atoms with E-state index < -0.39 is 0 Å². The summed E-state index contributed by atoms with van der Waals surface area (Å²) in [6.07, 6.45) is 4.82. The third-order valence-corrected chi connectivity index (χ3v) is 3.49. The van der Waals surface area contributed by atoms with Crippen molar-refractivity contribution < 1.29 is 4.79 Å². The first-order valence-electron chi connectivity index (χ1n) is 6.11. The van der Waals surface area contributed by atoms with Crippen molar-refractivity contribution in [1.82, 2.24) is 9.88 Å². The van der Waals surface area contributed by atoms with Crippen LogP contribution in [0.25, 0.3) is 0 Å². The number of aromatic nitrogens is 1. The van der Waals surface area contributed by atoms with Crippen LogP contribution < -0.4 is 5.73 Å². The Balaban J connectivity index is 1.90. The second-order valence-corrected chi connectivity index (χ2v) is 4.70. The van der Waals surface area contributed by atoms with E-state index in [1.807, 2.05) is 17.0 Å². The van der Waals surface area contributed by atoms with Gasteiger partial charge in [-0.2, -0.15) is 0 Å². The number of hydrogen-bond donors (Lipinski definition) is 1. The van der Waals surface area contributed by atoms with Gasteiger partial charge in [0.05, 0.1) is 0 Å². The van der Waals surface area contributed by atoms with Gasteiger partial charge in [0.25, 0.3) is 0 Å². The standard InChI is InChI=1S/C13H19N3O/c1-10(17)16-7-4-11(5-8-16)9-12-3-2-6-15-13(12)14/h2-3,6,11H,4-5,7-9H2,1H3,(H2,14,15). The highest BCUT2D eigenvalue weighted by Gasteiger charge is 2.21. The normalized spacial score (nSPS) is 17.1. The molecule has 4 nitrogen and oxygen atoms in total. The Hall–Kier alpha value is -1.58. The molecule has 1 aromatic rings. The molecular weight excluding hydrogens is 214 g/mol. The molecule has 0 bridgehead atoms. The average Bonchev–Trinajstić information content (AvgIpc) is 2.33. The molecule has 1 fully saturated rings. The summed E-state index contributed by atoms with van der Waals surface area (Å²) in [5.41, 5.74) is 6.97. The number of carbonyl (C=O) groups excluding carboxylic acids is 1. The zero-order chi connectivity index (χ0) is 12.3. The maximum atomic E-state index is 11.2. The van der Waals surface area contributed by atoms with E-state index in [2.05, 4.69) is 4.98 Å². The van der Waals surface area contributed by atoms with Crippen molar-refractivity contribution in [2.75, 3.05) is 18.8 Å². The van der Waals surface area contributed by atoms with E-state index in [1.165, 1.54) is 0 Å². The SMILES string of the molecule is CC(=O)N1CCC(Cc2cccnc2N)CC1. The number of nitrogen functional groups attached to an aromatic ring is 1. The van der Waals surface area contributed by atoms with E-state index in [4.69, 9.17) is 5.73 Å². The summed E-state index contributed by atoms with van der Waals surface area (Å²) in [4.78, 5) is 17.2. The monoisotopic (exact) mass is 233 g/mol. The van der Waals surface area contributed by atoms with Gasteiger partial charge in [-0.15, -0.1) is 0 Å². The Kier molecular flexibility index (Phi) is 3.61. The minimum Gasteiger partial charge on any atom is -0.383 e. The van der Waals surface area contributed by atoms with Crippen LogP contribution in [0.3, 0.4) is 0 Å². The van der Waals surface area contributed by atoms with E-state index >= 15 is 0 Å². The number of nitrogens with two attached hydrogens (primary N) is 1. The van der Waals surface area contributed by atoms with Crippen molar-refractivity contribution in [2.24, 2.45) is 5.92 Å². The molecule has 1 saturated heterocycles. The maximum Gasteiger partial charge on any atom is 0.219 e. The van der Waals surface area contributed by atoms with E-state index in [0.29, 0.717) is 11.7 Å². The largest absolute Gasteiger partial charge is 0.383 e. The number of hydrogen-bond acceptors (Lipinski definition) is 3. The molecule has 0 spiro atoms. The first-order valence-corrected chi connectivity index (χ1v) is 6.11. The minimum absolute atomic E-state index is 0.185. The van der Waals surface area contributed by atoms with Crippen LogP contribution >= 0.6 is 0 Å². The fourth-order valence-electron chi connectivity index (χ4n) is 2.39. The van der Waals surface area contributed by atoms with Crippen LogP contribution in [0.1, 0.15) is 25.3 Å². The number of pyridine rings is 1. The number of anilines is 1. The van der Waals surface area contributed by atoms with Gasteiger partial charge in [0.15, 0.2) is 0 Å². The lowest BCUT2D eigenvalue weighted by molar-refractivity contribution is -0.130. The maximum absolute atomic E-state index is 11.2. The number of carbonyl (C=O) groups is 1. The highest BCUT2D eigenvalue weighted by atomic mass is 16.2. The molecule has 92 valence electrons. The topological polar surface area (TPSA) is 59.2 Å². The predicted molar refractivity (Wildman–Crippen MR) is 67.3 cm³/mol. The summed E-state index contributed by atoms with van der Waals surface area (Å²) in [5.74, 6) is 1.45. The van der Waals surface area contributed by atoms with Crippen LogP contribution in [0.15, 0.2) is 18.3 Å². The fourth-order valence-corrected chi connectivity index (χ4v) is 2.39. The van der Waals surface area contributed by atoms with Crippen LogP contribution in [0.4, 0.5) is 5.82 Å². The predicted octanol–water partition coefficient (Wildman–Crippen LogP) is 1.46. The fraction of sp³-hybridized carbons (Fsp3) is 0.538. The van der Waals surface area contributed by atoms with Crippen LogP contribution in [0, 0.1) is 5.92 Å². The Bertz CT molecular complexity index is 397. The first-order chi connectivity index (χ1) is 8.16. The Morgan fingerprint density at radius 3 is 2.82 bits per heavy atom. The molecule has 0 radical (unpaired) electrons. The number of amides is 1. The smallest absolute Gasteiger partial charge is 0.219 e. The summed E-state index contributed by atoms with van der Waals surface area (Å²) >= 11 is 0. The quantitative estimate of drug-likeness (QED) is 0.841. The van der Waals surface area contributed by atoms with Crippen LogP contribution in [-0.4, -0.2) is 28.9 Å². The van der Waals surface area contributed by atoms with Crippen molar-refractivity contribution in [3.63, 3.8) is 0 Å².